The number of rotatable bonds is 2. The zero-order valence-corrected chi connectivity index (χ0v) is 15.4. The third-order valence-electron chi connectivity index (χ3n) is 5.00. The highest BCUT2D eigenvalue weighted by molar-refractivity contribution is 6.08. The minimum Gasteiger partial charge on any atom is -0.455 e. The molecule has 0 aliphatic heterocycles. The van der Waals surface area contributed by atoms with E-state index in [0.29, 0.717) is 35.4 Å². The second kappa shape index (κ2) is 5.59. The van der Waals surface area contributed by atoms with E-state index >= 15 is 0 Å². The van der Waals surface area contributed by atoms with Crippen LogP contribution in [-0.2, 0) is 6.42 Å². The number of hydrogen-bond donors (Lipinski definition) is 2. The summed E-state index contributed by atoms with van der Waals surface area (Å²) in [6.07, 6.45) is 1.14. The summed E-state index contributed by atoms with van der Waals surface area (Å²) in [5.74, 6) is 0.590. The van der Waals surface area contributed by atoms with E-state index in [4.69, 9.17) is 4.42 Å². The van der Waals surface area contributed by atoms with Gasteiger partial charge in [0.1, 0.15) is 5.76 Å². The molecule has 0 unspecified atom stereocenters. The lowest BCUT2D eigenvalue weighted by atomic mass is 9.76. The first-order valence-electron chi connectivity index (χ1n) is 8.80. The van der Waals surface area contributed by atoms with Gasteiger partial charge in [-0.25, -0.2) is 0 Å². The van der Waals surface area contributed by atoms with Crippen molar-refractivity contribution in [2.75, 3.05) is 5.32 Å². The molecule has 134 valence electrons. The monoisotopic (exact) mass is 350 g/mol. The Kier molecular flexibility index (Phi) is 3.58. The lowest BCUT2D eigenvalue weighted by Gasteiger charge is -2.27. The highest BCUT2D eigenvalue weighted by atomic mass is 16.4. The minimum atomic E-state index is -0.325. The fourth-order valence-corrected chi connectivity index (χ4v) is 3.84. The van der Waals surface area contributed by atoms with E-state index in [0.717, 1.165) is 16.6 Å². The smallest absolute Gasteiger partial charge is 0.291 e. The molecule has 4 rings (SSSR count). The topological polar surface area (TPSA) is 75.1 Å². The van der Waals surface area contributed by atoms with Gasteiger partial charge in [-0.15, -0.1) is 0 Å². The van der Waals surface area contributed by atoms with Gasteiger partial charge in [0, 0.05) is 40.7 Å². The molecule has 1 amide bonds. The third-order valence-corrected chi connectivity index (χ3v) is 5.00. The van der Waals surface area contributed by atoms with Crippen LogP contribution in [0.25, 0.3) is 10.9 Å². The molecule has 3 aromatic rings. The predicted molar refractivity (Wildman–Crippen MR) is 101 cm³/mol. The Morgan fingerprint density at radius 1 is 1.19 bits per heavy atom. The summed E-state index contributed by atoms with van der Waals surface area (Å²) in [7, 11) is 0. The summed E-state index contributed by atoms with van der Waals surface area (Å²) in [5.41, 5.74) is 3.88. The largest absolute Gasteiger partial charge is 0.455 e. The highest BCUT2D eigenvalue weighted by Crippen LogP contribution is 2.38. The molecule has 2 aromatic heterocycles. The number of aryl methyl sites for hydroxylation is 1. The summed E-state index contributed by atoms with van der Waals surface area (Å²) < 4.78 is 5.83. The van der Waals surface area contributed by atoms with E-state index in [2.05, 4.69) is 10.3 Å². The molecular formula is C21H22N2O3. The molecule has 1 aliphatic rings. The van der Waals surface area contributed by atoms with E-state index in [-0.39, 0.29) is 22.9 Å². The molecule has 0 spiro atoms. The van der Waals surface area contributed by atoms with Crippen LogP contribution in [0.15, 0.2) is 28.7 Å². The molecular weight excluding hydrogens is 328 g/mol. The summed E-state index contributed by atoms with van der Waals surface area (Å²) in [6.45, 7) is 7.86. The molecule has 0 bridgehead atoms. The number of Topliss-reactive ketones (excluding diaryl/α,β-unsaturated/α-hetero) is 1. The molecule has 1 aliphatic carbocycles. The Balaban J connectivity index is 1.65. The molecule has 0 saturated heterocycles. The second-order valence-corrected chi connectivity index (χ2v) is 8.00. The number of furan rings is 1. The number of ketones is 1. The van der Waals surface area contributed by atoms with E-state index in [1.807, 2.05) is 45.0 Å². The molecule has 0 radical (unpaired) electrons. The molecule has 2 N–H and O–H groups in total. The van der Waals surface area contributed by atoms with Gasteiger partial charge >= 0.3 is 0 Å². The van der Waals surface area contributed by atoms with Crippen molar-refractivity contribution in [2.24, 2.45) is 5.41 Å². The Morgan fingerprint density at radius 2 is 1.96 bits per heavy atom. The number of nitrogens with one attached hydrogen (secondary N) is 2. The Hall–Kier alpha value is -2.82. The molecule has 5 nitrogen and oxygen atoms in total. The number of hydrogen-bond acceptors (Lipinski definition) is 3. The zero-order valence-electron chi connectivity index (χ0n) is 15.4. The van der Waals surface area contributed by atoms with Crippen LogP contribution in [0.3, 0.4) is 0 Å². The fourth-order valence-electron chi connectivity index (χ4n) is 3.84. The van der Waals surface area contributed by atoms with Gasteiger partial charge in [-0.2, -0.15) is 0 Å². The molecule has 0 saturated carbocycles. The second-order valence-electron chi connectivity index (χ2n) is 8.00. The Morgan fingerprint density at radius 3 is 2.73 bits per heavy atom. The molecule has 0 atom stereocenters. The first-order valence-corrected chi connectivity index (χ1v) is 8.80. The molecule has 0 fully saturated rings. The Labute approximate surface area is 151 Å². The minimum absolute atomic E-state index is 0.0563. The van der Waals surface area contributed by atoms with Gasteiger partial charge < -0.3 is 14.7 Å². The number of carbonyl (C=O) groups is 2. The van der Waals surface area contributed by atoms with Crippen LogP contribution in [0.4, 0.5) is 5.69 Å². The summed E-state index contributed by atoms with van der Waals surface area (Å²) >= 11 is 0. The number of benzene rings is 1. The molecule has 2 heterocycles. The summed E-state index contributed by atoms with van der Waals surface area (Å²) in [5, 5.41) is 3.92. The average Bonchev–Trinajstić information content (AvgIpc) is 3.04. The van der Waals surface area contributed by atoms with Gasteiger partial charge in [-0.3, -0.25) is 9.59 Å². The summed E-state index contributed by atoms with van der Waals surface area (Å²) in [6, 6.07) is 7.73. The Bertz CT molecular complexity index is 1050. The van der Waals surface area contributed by atoms with E-state index in [1.54, 1.807) is 6.92 Å². The maximum Gasteiger partial charge on any atom is 0.291 e. The number of amides is 1. The molecule has 5 heteroatoms. The number of carbonyl (C=O) groups excluding carboxylic acids is 2. The van der Waals surface area contributed by atoms with Crippen molar-refractivity contribution in [1.82, 2.24) is 4.98 Å². The van der Waals surface area contributed by atoms with Crippen molar-refractivity contribution >= 4 is 28.3 Å². The van der Waals surface area contributed by atoms with Crippen LogP contribution in [-0.4, -0.2) is 16.7 Å². The number of aromatic nitrogens is 1. The van der Waals surface area contributed by atoms with Crippen molar-refractivity contribution in [3.63, 3.8) is 0 Å². The first kappa shape index (κ1) is 16.6. The van der Waals surface area contributed by atoms with Crippen molar-refractivity contribution in [3.8, 4) is 0 Å². The van der Waals surface area contributed by atoms with Gasteiger partial charge in [0.25, 0.3) is 5.91 Å². The van der Waals surface area contributed by atoms with Crippen LogP contribution in [0, 0.1) is 19.3 Å². The average molecular weight is 350 g/mol. The van der Waals surface area contributed by atoms with Gasteiger partial charge in [0.15, 0.2) is 11.5 Å². The maximum atomic E-state index is 12.7. The van der Waals surface area contributed by atoms with Gasteiger partial charge in [0.2, 0.25) is 0 Å². The van der Waals surface area contributed by atoms with Crippen LogP contribution >= 0.6 is 0 Å². The highest BCUT2D eigenvalue weighted by Gasteiger charge is 2.37. The number of anilines is 1. The number of fused-ring (bicyclic) bond motifs is 2. The number of H-pyrrole nitrogens is 1. The van der Waals surface area contributed by atoms with Crippen molar-refractivity contribution < 1.29 is 14.0 Å². The lowest BCUT2D eigenvalue weighted by Crippen LogP contribution is -2.26. The van der Waals surface area contributed by atoms with Gasteiger partial charge in [0.05, 0.1) is 5.56 Å². The van der Waals surface area contributed by atoms with Crippen molar-refractivity contribution in [3.05, 3.63) is 52.6 Å². The lowest BCUT2D eigenvalue weighted by molar-refractivity contribution is 0.0898. The van der Waals surface area contributed by atoms with E-state index in [1.165, 1.54) is 0 Å². The maximum absolute atomic E-state index is 12.7. The SMILES string of the molecule is Cc1cc2cc(NC(=O)c3oc4c(c3C)C(=O)CC(C)(C)C4)ccc2[nH]1. The van der Waals surface area contributed by atoms with E-state index in [9.17, 15) is 9.59 Å². The van der Waals surface area contributed by atoms with Gasteiger partial charge in [-0.05, 0) is 43.5 Å². The van der Waals surface area contributed by atoms with Crippen LogP contribution in [0.2, 0.25) is 0 Å². The van der Waals surface area contributed by atoms with E-state index < -0.39 is 0 Å². The third kappa shape index (κ3) is 2.73. The van der Waals surface area contributed by atoms with Crippen LogP contribution in [0.5, 0.6) is 0 Å². The van der Waals surface area contributed by atoms with Crippen molar-refractivity contribution in [2.45, 2.75) is 40.5 Å². The zero-order chi connectivity index (χ0) is 18.6. The fraction of sp³-hybridized carbons (Fsp3) is 0.333. The predicted octanol–water partition coefficient (Wildman–Crippen LogP) is 4.79. The van der Waals surface area contributed by atoms with Crippen LogP contribution in [0.1, 0.15) is 58.2 Å². The normalized spacial score (nSPS) is 15.9. The van der Waals surface area contributed by atoms with Crippen molar-refractivity contribution in [1.29, 1.82) is 0 Å². The quantitative estimate of drug-likeness (QED) is 0.698. The standard InChI is InChI=1S/C21H22N2O3/c1-11-7-13-8-14(5-6-15(13)22-11)23-20(25)19-12(2)18-16(24)9-21(3,4)10-17(18)26-19/h5-8,22H,9-10H2,1-4H3,(H,23,25). The number of aromatic amines is 1. The molecule has 26 heavy (non-hydrogen) atoms. The first-order chi connectivity index (χ1) is 12.2. The summed E-state index contributed by atoms with van der Waals surface area (Å²) in [4.78, 5) is 28.5. The van der Waals surface area contributed by atoms with Crippen LogP contribution < -0.4 is 5.32 Å². The van der Waals surface area contributed by atoms with Gasteiger partial charge in [-0.1, -0.05) is 13.8 Å². The molecule has 1 aromatic carbocycles.